The Bertz CT molecular complexity index is 868. The van der Waals surface area contributed by atoms with E-state index in [0.29, 0.717) is 12.5 Å². The number of rotatable bonds is 2. The molecule has 0 N–H and O–H groups in total. The van der Waals surface area contributed by atoms with Gasteiger partial charge < -0.3 is 4.74 Å². The highest BCUT2D eigenvalue weighted by Crippen LogP contribution is 2.32. The van der Waals surface area contributed by atoms with Gasteiger partial charge in [-0.1, -0.05) is 60.2 Å². The second kappa shape index (κ2) is 5.69. The van der Waals surface area contributed by atoms with E-state index in [1.54, 1.807) is 0 Å². The molecule has 0 aliphatic carbocycles. The molecule has 112 valence electrons. The standard InChI is InChI=1S/C20H16N2O/c1-14-7-9-16(10-8-14)17-11-12-18-20(22-17)23-13-19(21-18)15-5-3-2-4-6-15/h2-12H,13H2,1H3. The van der Waals surface area contributed by atoms with E-state index in [1.165, 1.54) is 5.56 Å². The third-order valence-corrected chi connectivity index (χ3v) is 3.90. The van der Waals surface area contributed by atoms with E-state index in [2.05, 4.69) is 36.2 Å². The van der Waals surface area contributed by atoms with Crippen LogP contribution < -0.4 is 4.74 Å². The molecule has 0 saturated carbocycles. The van der Waals surface area contributed by atoms with E-state index in [-0.39, 0.29) is 0 Å². The normalized spacial score (nSPS) is 13.0. The second-order valence-electron chi connectivity index (χ2n) is 5.60. The van der Waals surface area contributed by atoms with Crippen LogP contribution >= 0.6 is 0 Å². The van der Waals surface area contributed by atoms with Gasteiger partial charge in [-0.05, 0) is 24.6 Å². The van der Waals surface area contributed by atoms with E-state index in [9.17, 15) is 0 Å². The molecule has 0 radical (unpaired) electrons. The van der Waals surface area contributed by atoms with Gasteiger partial charge in [0, 0.05) is 5.56 Å². The molecule has 0 atom stereocenters. The summed E-state index contributed by atoms with van der Waals surface area (Å²) in [6, 6.07) is 22.4. The number of pyridine rings is 1. The highest BCUT2D eigenvalue weighted by atomic mass is 16.5. The number of aryl methyl sites for hydroxylation is 1. The third-order valence-electron chi connectivity index (χ3n) is 3.90. The van der Waals surface area contributed by atoms with Gasteiger partial charge in [-0.25, -0.2) is 9.98 Å². The molecule has 3 nitrogen and oxygen atoms in total. The molecule has 3 heteroatoms. The molecule has 3 aromatic rings. The molecule has 0 saturated heterocycles. The maximum atomic E-state index is 5.83. The SMILES string of the molecule is Cc1ccc(-c2ccc3c(n2)OCC(c2ccccc2)=N3)cc1. The fourth-order valence-electron chi connectivity index (χ4n) is 2.60. The van der Waals surface area contributed by atoms with Gasteiger partial charge in [-0.15, -0.1) is 0 Å². The lowest BCUT2D eigenvalue weighted by Gasteiger charge is -2.17. The zero-order valence-corrected chi connectivity index (χ0v) is 12.9. The van der Waals surface area contributed by atoms with Crippen LogP contribution in [0.1, 0.15) is 11.1 Å². The zero-order chi connectivity index (χ0) is 15.6. The Morgan fingerprint density at radius 1 is 0.826 bits per heavy atom. The fourth-order valence-corrected chi connectivity index (χ4v) is 2.60. The highest BCUT2D eigenvalue weighted by Gasteiger charge is 2.16. The molecular formula is C20H16N2O. The lowest BCUT2D eigenvalue weighted by molar-refractivity contribution is 0.358. The molecule has 0 unspecified atom stereocenters. The first-order valence-corrected chi connectivity index (χ1v) is 7.63. The van der Waals surface area contributed by atoms with Crippen molar-refractivity contribution >= 4 is 11.4 Å². The van der Waals surface area contributed by atoms with Gasteiger partial charge in [0.05, 0.1) is 11.4 Å². The van der Waals surface area contributed by atoms with Crippen LogP contribution in [0.4, 0.5) is 5.69 Å². The largest absolute Gasteiger partial charge is 0.470 e. The number of benzene rings is 2. The number of fused-ring (bicyclic) bond motifs is 1. The zero-order valence-electron chi connectivity index (χ0n) is 12.9. The Balaban J connectivity index is 1.69. The number of ether oxygens (including phenoxy) is 1. The lowest BCUT2D eigenvalue weighted by Crippen LogP contribution is -2.17. The Hall–Kier alpha value is -2.94. The molecule has 2 heterocycles. The number of aliphatic imine (C=N–C) groups is 1. The summed E-state index contributed by atoms with van der Waals surface area (Å²) in [5.41, 5.74) is 6.02. The van der Waals surface area contributed by atoms with E-state index in [4.69, 9.17) is 9.73 Å². The van der Waals surface area contributed by atoms with Crippen LogP contribution in [-0.2, 0) is 0 Å². The summed E-state index contributed by atoms with van der Waals surface area (Å²) >= 11 is 0. The molecule has 0 bridgehead atoms. The van der Waals surface area contributed by atoms with Crippen molar-refractivity contribution < 1.29 is 4.74 Å². The first-order chi connectivity index (χ1) is 11.3. The lowest BCUT2D eigenvalue weighted by atomic mass is 10.1. The highest BCUT2D eigenvalue weighted by molar-refractivity contribution is 6.04. The van der Waals surface area contributed by atoms with Crippen LogP contribution in [0, 0.1) is 6.92 Å². The first kappa shape index (κ1) is 13.7. The average Bonchev–Trinajstić information content (AvgIpc) is 2.62. The summed E-state index contributed by atoms with van der Waals surface area (Å²) in [6.45, 7) is 2.52. The Morgan fingerprint density at radius 3 is 2.39 bits per heavy atom. The van der Waals surface area contributed by atoms with Gasteiger partial charge in [-0.2, -0.15) is 0 Å². The van der Waals surface area contributed by atoms with Crippen molar-refractivity contribution in [3.05, 3.63) is 77.9 Å². The predicted molar refractivity (Wildman–Crippen MR) is 92.5 cm³/mol. The molecule has 0 spiro atoms. The van der Waals surface area contributed by atoms with Gasteiger partial charge in [0.25, 0.3) is 0 Å². The first-order valence-electron chi connectivity index (χ1n) is 7.63. The van der Waals surface area contributed by atoms with E-state index in [1.807, 2.05) is 42.5 Å². The number of hydrogen-bond donors (Lipinski definition) is 0. The van der Waals surface area contributed by atoms with Crippen molar-refractivity contribution in [1.82, 2.24) is 4.98 Å². The minimum Gasteiger partial charge on any atom is -0.470 e. The van der Waals surface area contributed by atoms with Crippen molar-refractivity contribution in [3.8, 4) is 17.1 Å². The Kier molecular flexibility index (Phi) is 3.39. The third kappa shape index (κ3) is 2.73. The summed E-state index contributed by atoms with van der Waals surface area (Å²) in [5.74, 6) is 0.600. The van der Waals surface area contributed by atoms with E-state index in [0.717, 1.165) is 28.2 Å². The van der Waals surface area contributed by atoms with Crippen LogP contribution in [0.25, 0.3) is 11.3 Å². The maximum absolute atomic E-state index is 5.83. The number of hydrogen-bond acceptors (Lipinski definition) is 3. The average molecular weight is 300 g/mol. The van der Waals surface area contributed by atoms with Crippen LogP contribution in [0.2, 0.25) is 0 Å². The van der Waals surface area contributed by atoms with Gasteiger partial charge in [-0.3, -0.25) is 0 Å². The molecule has 2 aromatic carbocycles. The van der Waals surface area contributed by atoms with E-state index >= 15 is 0 Å². The summed E-state index contributed by atoms with van der Waals surface area (Å²) in [6.07, 6.45) is 0. The predicted octanol–water partition coefficient (Wildman–Crippen LogP) is 4.57. The summed E-state index contributed by atoms with van der Waals surface area (Å²) < 4.78 is 5.83. The number of nitrogens with zero attached hydrogens (tertiary/aromatic N) is 2. The quantitative estimate of drug-likeness (QED) is 0.694. The molecule has 0 amide bonds. The van der Waals surface area contributed by atoms with E-state index < -0.39 is 0 Å². The van der Waals surface area contributed by atoms with Crippen LogP contribution in [-0.4, -0.2) is 17.3 Å². The molecule has 1 aromatic heterocycles. The summed E-state index contributed by atoms with van der Waals surface area (Å²) in [7, 11) is 0. The minimum absolute atomic E-state index is 0.446. The Morgan fingerprint density at radius 2 is 1.61 bits per heavy atom. The van der Waals surface area contributed by atoms with Crippen molar-refractivity contribution in [2.75, 3.05) is 6.61 Å². The molecule has 4 rings (SSSR count). The van der Waals surface area contributed by atoms with Gasteiger partial charge in [0.2, 0.25) is 5.88 Å². The molecule has 1 aliphatic heterocycles. The van der Waals surface area contributed by atoms with Gasteiger partial charge >= 0.3 is 0 Å². The van der Waals surface area contributed by atoms with Crippen molar-refractivity contribution in [2.24, 2.45) is 4.99 Å². The molecule has 23 heavy (non-hydrogen) atoms. The van der Waals surface area contributed by atoms with Crippen molar-refractivity contribution in [1.29, 1.82) is 0 Å². The number of aromatic nitrogens is 1. The fraction of sp³-hybridized carbons (Fsp3) is 0.100. The summed E-state index contributed by atoms with van der Waals surface area (Å²) in [4.78, 5) is 9.31. The maximum Gasteiger partial charge on any atom is 0.240 e. The minimum atomic E-state index is 0.446. The van der Waals surface area contributed by atoms with Gasteiger partial charge in [0.15, 0.2) is 0 Å². The molecule has 1 aliphatic rings. The smallest absolute Gasteiger partial charge is 0.240 e. The van der Waals surface area contributed by atoms with Crippen molar-refractivity contribution in [3.63, 3.8) is 0 Å². The van der Waals surface area contributed by atoms with Crippen LogP contribution in [0.15, 0.2) is 71.7 Å². The van der Waals surface area contributed by atoms with Crippen LogP contribution in [0.5, 0.6) is 5.88 Å². The summed E-state index contributed by atoms with van der Waals surface area (Å²) in [5, 5.41) is 0. The van der Waals surface area contributed by atoms with Crippen molar-refractivity contribution in [2.45, 2.75) is 6.92 Å². The molecular weight excluding hydrogens is 284 g/mol. The topological polar surface area (TPSA) is 34.5 Å². The molecule has 0 fully saturated rings. The van der Waals surface area contributed by atoms with Gasteiger partial charge in [0.1, 0.15) is 12.3 Å². The monoisotopic (exact) mass is 300 g/mol. The Labute approximate surface area is 135 Å². The van der Waals surface area contributed by atoms with Crippen LogP contribution in [0.3, 0.4) is 0 Å². The second-order valence-corrected chi connectivity index (χ2v) is 5.60.